The summed E-state index contributed by atoms with van der Waals surface area (Å²) in [6.07, 6.45) is -3.96. The van der Waals surface area contributed by atoms with E-state index in [1.807, 2.05) is 0 Å². The minimum Gasteiger partial charge on any atom is -0.488 e. The van der Waals surface area contributed by atoms with Crippen molar-refractivity contribution in [3.63, 3.8) is 0 Å². The fraction of sp³-hybridized carbons (Fsp3) is 0.500. The number of anilines is 1. The highest BCUT2D eigenvalue weighted by Gasteiger charge is 2.43. The number of methoxy groups -OCH3 is 1. The number of nitrogens with zero attached hydrogens (tertiary/aromatic N) is 3. The Morgan fingerprint density at radius 2 is 1.83 bits per heavy atom. The van der Waals surface area contributed by atoms with Crippen molar-refractivity contribution >= 4 is 5.82 Å². The molecule has 0 bridgehead atoms. The second-order valence-corrected chi connectivity index (χ2v) is 7.68. The molecule has 1 aromatic heterocycles. The van der Waals surface area contributed by atoms with Crippen LogP contribution in [0.3, 0.4) is 0 Å². The molecule has 0 spiro atoms. The van der Waals surface area contributed by atoms with Crippen LogP contribution in [0, 0.1) is 17.7 Å². The van der Waals surface area contributed by atoms with Gasteiger partial charge in [0.2, 0.25) is 5.88 Å². The Morgan fingerprint density at radius 1 is 1.10 bits per heavy atom. The minimum absolute atomic E-state index is 0.110. The number of fused-ring (bicyclic) bond motifs is 1. The number of ether oxygens (including phenoxy) is 2. The number of rotatable bonds is 4. The molecule has 162 valence electrons. The summed E-state index contributed by atoms with van der Waals surface area (Å²) in [5.41, 5.74) is -1.38. The SMILES string of the molecule is COc1cc(N2C[C@H]3C[C@@H](Oc4ccc(F)c(C(F)(F)F)c4)[C@H](O)C[C@H]3C2)ncn1. The monoisotopic (exact) mass is 427 g/mol. The molecule has 4 atom stereocenters. The van der Waals surface area contributed by atoms with Gasteiger partial charge >= 0.3 is 6.18 Å². The van der Waals surface area contributed by atoms with Crippen LogP contribution in [-0.2, 0) is 6.18 Å². The standard InChI is InChI=1S/C20H21F4N3O3/c1-29-19-7-18(25-10-26-19)27-8-11-4-16(28)17(5-12(11)9-27)30-13-2-3-15(21)14(6-13)20(22,23)24/h2-3,6-7,10-12,16-17,28H,4-5,8-9H2,1H3/t11-,12+,16+,17+/m0/s1. The molecule has 1 saturated heterocycles. The largest absolute Gasteiger partial charge is 0.488 e. The second kappa shape index (κ2) is 7.90. The molecule has 1 aromatic carbocycles. The number of halogens is 4. The summed E-state index contributed by atoms with van der Waals surface area (Å²) in [6, 6.07) is 4.26. The normalized spacial score (nSPS) is 26.4. The maximum atomic E-state index is 13.5. The molecule has 10 heteroatoms. The predicted molar refractivity (Wildman–Crippen MR) is 98.8 cm³/mol. The average molecular weight is 427 g/mol. The molecule has 2 heterocycles. The summed E-state index contributed by atoms with van der Waals surface area (Å²) in [4.78, 5) is 10.3. The lowest BCUT2D eigenvalue weighted by molar-refractivity contribution is -0.140. The van der Waals surface area contributed by atoms with Gasteiger partial charge in [-0.1, -0.05) is 0 Å². The van der Waals surface area contributed by atoms with E-state index >= 15 is 0 Å². The highest BCUT2D eigenvalue weighted by atomic mass is 19.4. The molecular formula is C20H21F4N3O3. The summed E-state index contributed by atoms with van der Waals surface area (Å²) in [5.74, 6) is 0.0959. The van der Waals surface area contributed by atoms with Gasteiger partial charge in [-0.25, -0.2) is 14.4 Å². The second-order valence-electron chi connectivity index (χ2n) is 7.68. The van der Waals surface area contributed by atoms with Crippen molar-refractivity contribution in [2.24, 2.45) is 11.8 Å². The van der Waals surface area contributed by atoms with Crippen LogP contribution in [-0.4, -0.2) is 47.5 Å². The summed E-state index contributed by atoms with van der Waals surface area (Å²) < 4.78 is 63.1. The topological polar surface area (TPSA) is 67.7 Å². The summed E-state index contributed by atoms with van der Waals surface area (Å²) in [5, 5.41) is 10.5. The molecule has 1 aliphatic carbocycles. The van der Waals surface area contributed by atoms with Gasteiger partial charge in [-0.15, -0.1) is 0 Å². The first kappa shape index (κ1) is 20.6. The van der Waals surface area contributed by atoms with Gasteiger partial charge in [0.15, 0.2) is 0 Å². The van der Waals surface area contributed by atoms with Gasteiger partial charge in [0.05, 0.1) is 18.8 Å². The molecule has 0 amide bonds. The summed E-state index contributed by atoms with van der Waals surface area (Å²) in [6.45, 7) is 1.37. The highest BCUT2D eigenvalue weighted by molar-refractivity contribution is 5.42. The van der Waals surface area contributed by atoms with E-state index < -0.39 is 29.8 Å². The van der Waals surface area contributed by atoms with Crippen LogP contribution in [0.1, 0.15) is 18.4 Å². The van der Waals surface area contributed by atoms with Crippen molar-refractivity contribution in [2.75, 3.05) is 25.1 Å². The van der Waals surface area contributed by atoms with E-state index in [-0.39, 0.29) is 17.6 Å². The van der Waals surface area contributed by atoms with E-state index in [9.17, 15) is 22.7 Å². The molecule has 0 radical (unpaired) electrons. The number of aliphatic hydroxyl groups excluding tert-OH is 1. The van der Waals surface area contributed by atoms with Crippen molar-refractivity contribution in [1.29, 1.82) is 0 Å². The first-order chi connectivity index (χ1) is 14.2. The molecule has 2 aliphatic rings. The Bertz CT molecular complexity index is 911. The fourth-order valence-corrected chi connectivity index (χ4v) is 4.29. The third-order valence-corrected chi connectivity index (χ3v) is 5.78. The van der Waals surface area contributed by atoms with Crippen LogP contribution >= 0.6 is 0 Å². The zero-order valence-corrected chi connectivity index (χ0v) is 16.1. The van der Waals surface area contributed by atoms with Gasteiger partial charge in [0.25, 0.3) is 0 Å². The third kappa shape index (κ3) is 4.14. The number of hydrogen-bond acceptors (Lipinski definition) is 6. The third-order valence-electron chi connectivity index (χ3n) is 5.78. The fourth-order valence-electron chi connectivity index (χ4n) is 4.29. The minimum atomic E-state index is -4.82. The van der Waals surface area contributed by atoms with E-state index in [1.54, 1.807) is 6.07 Å². The molecule has 6 nitrogen and oxygen atoms in total. The van der Waals surface area contributed by atoms with Gasteiger partial charge < -0.3 is 19.5 Å². The van der Waals surface area contributed by atoms with Gasteiger partial charge in [0, 0.05) is 19.2 Å². The Balaban J connectivity index is 1.46. The summed E-state index contributed by atoms with van der Waals surface area (Å²) >= 11 is 0. The first-order valence-corrected chi connectivity index (χ1v) is 9.57. The lowest BCUT2D eigenvalue weighted by Crippen LogP contribution is -2.42. The zero-order chi connectivity index (χ0) is 21.5. The molecule has 4 rings (SSSR count). The van der Waals surface area contributed by atoms with E-state index in [0.717, 1.165) is 18.0 Å². The van der Waals surface area contributed by atoms with Gasteiger partial charge in [-0.2, -0.15) is 13.2 Å². The van der Waals surface area contributed by atoms with E-state index in [2.05, 4.69) is 14.9 Å². The molecule has 1 N–H and O–H groups in total. The maximum absolute atomic E-state index is 13.5. The van der Waals surface area contributed by atoms with E-state index in [0.29, 0.717) is 37.9 Å². The van der Waals surface area contributed by atoms with Crippen LogP contribution in [0.15, 0.2) is 30.6 Å². The van der Waals surface area contributed by atoms with Crippen LogP contribution in [0.2, 0.25) is 0 Å². The average Bonchev–Trinajstić information content (AvgIpc) is 3.11. The molecule has 2 aromatic rings. The van der Waals surface area contributed by atoms with Crippen molar-refractivity contribution in [3.8, 4) is 11.6 Å². The van der Waals surface area contributed by atoms with Crippen LogP contribution < -0.4 is 14.4 Å². The number of alkyl halides is 3. The lowest BCUT2D eigenvalue weighted by Gasteiger charge is -2.35. The highest BCUT2D eigenvalue weighted by Crippen LogP contribution is 2.40. The molecule has 0 unspecified atom stereocenters. The van der Waals surface area contributed by atoms with Gasteiger partial charge in [-0.05, 0) is 42.9 Å². The quantitative estimate of drug-likeness (QED) is 0.756. The van der Waals surface area contributed by atoms with Gasteiger partial charge in [0.1, 0.15) is 29.8 Å². The Kier molecular flexibility index (Phi) is 5.44. The Hall–Kier alpha value is -2.62. The van der Waals surface area contributed by atoms with Crippen LogP contribution in [0.4, 0.5) is 23.4 Å². The Labute approximate surface area is 170 Å². The number of hydrogen-bond donors (Lipinski definition) is 1. The number of benzene rings is 1. The van der Waals surface area contributed by atoms with Crippen molar-refractivity contribution in [3.05, 3.63) is 42.0 Å². The Morgan fingerprint density at radius 3 is 2.53 bits per heavy atom. The number of aromatic nitrogens is 2. The molecule has 1 aliphatic heterocycles. The molecule has 30 heavy (non-hydrogen) atoms. The first-order valence-electron chi connectivity index (χ1n) is 9.57. The van der Waals surface area contributed by atoms with Crippen molar-refractivity contribution in [1.82, 2.24) is 9.97 Å². The molecule has 1 saturated carbocycles. The van der Waals surface area contributed by atoms with E-state index in [4.69, 9.17) is 9.47 Å². The van der Waals surface area contributed by atoms with E-state index in [1.165, 1.54) is 13.4 Å². The maximum Gasteiger partial charge on any atom is 0.419 e. The predicted octanol–water partition coefficient (Wildman–Crippen LogP) is 3.30. The number of aliphatic hydroxyl groups is 1. The smallest absolute Gasteiger partial charge is 0.419 e. The molecule has 2 fully saturated rings. The van der Waals surface area contributed by atoms with Gasteiger partial charge in [-0.3, -0.25) is 0 Å². The summed E-state index contributed by atoms with van der Waals surface area (Å²) in [7, 11) is 1.52. The van der Waals surface area contributed by atoms with Crippen LogP contribution in [0.25, 0.3) is 0 Å². The zero-order valence-electron chi connectivity index (χ0n) is 16.1. The lowest BCUT2D eigenvalue weighted by atomic mass is 9.78. The van der Waals surface area contributed by atoms with Crippen molar-refractivity contribution in [2.45, 2.75) is 31.2 Å². The van der Waals surface area contributed by atoms with Crippen molar-refractivity contribution < 1.29 is 32.1 Å². The van der Waals surface area contributed by atoms with Crippen LogP contribution in [0.5, 0.6) is 11.6 Å². The molecular weight excluding hydrogens is 406 g/mol.